The predicted octanol–water partition coefficient (Wildman–Crippen LogP) is 2.42. The van der Waals surface area contributed by atoms with E-state index in [4.69, 9.17) is 9.90 Å². The highest BCUT2D eigenvalue weighted by Gasteiger charge is 2.09. The first-order valence-electron chi connectivity index (χ1n) is 6.09. The molecule has 6 nitrogen and oxygen atoms in total. The van der Waals surface area contributed by atoms with Gasteiger partial charge in [-0.3, -0.25) is 4.79 Å². The number of primary amides is 1. The second-order valence-electron chi connectivity index (χ2n) is 4.17. The van der Waals surface area contributed by atoms with Crippen LogP contribution in [0.15, 0.2) is 54.9 Å². The van der Waals surface area contributed by atoms with E-state index in [0.29, 0.717) is 11.1 Å². The van der Waals surface area contributed by atoms with Crippen LogP contribution in [0.2, 0.25) is 0 Å². The maximum Gasteiger partial charge on any atom is 0.402 e. The van der Waals surface area contributed by atoms with Crippen molar-refractivity contribution >= 4 is 22.9 Å². The molecule has 21 heavy (non-hydrogen) atoms. The van der Waals surface area contributed by atoms with E-state index < -0.39 is 6.09 Å². The van der Waals surface area contributed by atoms with E-state index >= 15 is 0 Å². The average Bonchev–Trinajstić information content (AvgIpc) is 2.94. The van der Waals surface area contributed by atoms with Gasteiger partial charge in [0.1, 0.15) is 0 Å². The van der Waals surface area contributed by atoms with Crippen LogP contribution in [-0.2, 0) is 0 Å². The van der Waals surface area contributed by atoms with Crippen molar-refractivity contribution < 1.29 is 14.7 Å². The van der Waals surface area contributed by atoms with Gasteiger partial charge in [0.05, 0.1) is 17.4 Å². The van der Waals surface area contributed by atoms with E-state index in [0.717, 1.165) is 11.0 Å². The number of nitrogens with one attached hydrogen (secondary N) is 1. The number of carbonyl (C=O) groups is 2. The smallest absolute Gasteiger partial charge is 0.402 e. The second-order valence-corrected chi connectivity index (χ2v) is 4.17. The van der Waals surface area contributed by atoms with Gasteiger partial charge in [0.25, 0.3) is 0 Å². The van der Waals surface area contributed by atoms with Gasteiger partial charge in [0.15, 0.2) is 5.78 Å². The third kappa shape index (κ3) is 3.66. The SMILES string of the molecule is NC(=O)O.O=C(c1ccccc1)c1ccc2nc[nH]c2c1. The fourth-order valence-electron chi connectivity index (χ4n) is 1.83. The number of benzene rings is 2. The maximum absolute atomic E-state index is 12.2. The number of fused-ring (bicyclic) bond motifs is 1. The van der Waals surface area contributed by atoms with Gasteiger partial charge in [0, 0.05) is 11.1 Å². The molecule has 0 saturated heterocycles. The standard InChI is InChI=1S/C14H10N2O.CH3NO2/c17-14(10-4-2-1-3-5-10)11-6-7-12-13(8-11)16-9-15-12;2-1(3)4/h1-9H,(H,15,16);2H2,(H,3,4). The van der Waals surface area contributed by atoms with Crippen LogP contribution < -0.4 is 5.73 Å². The molecular formula is C15H13N3O3. The number of H-pyrrole nitrogens is 1. The van der Waals surface area contributed by atoms with Crippen LogP contribution >= 0.6 is 0 Å². The Balaban J connectivity index is 0.000000361. The number of aromatic nitrogens is 2. The van der Waals surface area contributed by atoms with Crippen LogP contribution in [0.25, 0.3) is 11.0 Å². The molecule has 0 saturated carbocycles. The molecule has 1 heterocycles. The number of nitrogens with two attached hydrogens (primary N) is 1. The number of hydrogen-bond acceptors (Lipinski definition) is 3. The Labute approximate surface area is 120 Å². The van der Waals surface area contributed by atoms with Gasteiger partial charge in [-0.1, -0.05) is 30.3 Å². The van der Waals surface area contributed by atoms with Gasteiger partial charge in [-0.15, -0.1) is 0 Å². The molecule has 1 aromatic heterocycles. The number of imidazole rings is 1. The molecular weight excluding hydrogens is 270 g/mol. The zero-order valence-corrected chi connectivity index (χ0v) is 11.0. The number of ketones is 1. The molecule has 6 heteroatoms. The van der Waals surface area contributed by atoms with Gasteiger partial charge >= 0.3 is 6.09 Å². The van der Waals surface area contributed by atoms with Crippen LogP contribution in [0.1, 0.15) is 15.9 Å². The van der Waals surface area contributed by atoms with E-state index in [1.165, 1.54) is 0 Å². The van der Waals surface area contributed by atoms with Gasteiger partial charge in [0.2, 0.25) is 0 Å². The van der Waals surface area contributed by atoms with Crippen molar-refractivity contribution in [2.45, 2.75) is 0 Å². The van der Waals surface area contributed by atoms with E-state index in [2.05, 4.69) is 15.7 Å². The van der Waals surface area contributed by atoms with Crippen molar-refractivity contribution in [3.63, 3.8) is 0 Å². The minimum Gasteiger partial charge on any atom is -0.465 e. The van der Waals surface area contributed by atoms with Crippen molar-refractivity contribution in [2.75, 3.05) is 0 Å². The summed E-state index contributed by atoms with van der Waals surface area (Å²) in [5.41, 5.74) is 7.15. The van der Waals surface area contributed by atoms with Crippen LogP contribution in [0.5, 0.6) is 0 Å². The Morgan fingerprint density at radius 3 is 2.38 bits per heavy atom. The Bertz CT molecular complexity index is 762. The highest BCUT2D eigenvalue weighted by atomic mass is 16.4. The largest absolute Gasteiger partial charge is 0.465 e. The second kappa shape index (κ2) is 6.33. The number of carbonyl (C=O) groups excluding carboxylic acids is 1. The zero-order chi connectivity index (χ0) is 15.2. The maximum atomic E-state index is 12.2. The number of rotatable bonds is 2. The first kappa shape index (κ1) is 14.3. The van der Waals surface area contributed by atoms with Gasteiger partial charge in [-0.05, 0) is 18.2 Å². The lowest BCUT2D eigenvalue weighted by molar-refractivity contribution is 0.103. The molecule has 3 aromatic rings. The summed E-state index contributed by atoms with van der Waals surface area (Å²) >= 11 is 0. The van der Waals surface area contributed by atoms with Crippen LogP contribution in [0, 0.1) is 0 Å². The van der Waals surface area contributed by atoms with Crippen molar-refractivity contribution in [3.8, 4) is 0 Å². The van der Waals surface area contributed by atoms with E-state index in [1.807, 2.05) is 42.5 Å². The first-order chi connectivity index (χ1) is 10.1. The fraction of sp³-hybridized carbons (Fsp3) is 0. The van der Waals surface area contributed by atoms with Gasteiger partial charge in [-0.25, -0.2) is 9.78 Å². The van der Waals surface area contributed by atoms with Crippen LogP contribution in [0.3, 0.4) is 0 Å². The summed E-state index contributed by atoms with van der Waals surface area (Å²) in [6, 6.07) is 14.7. The number of aromatic amines is 1. The van der Waals surface area contributed by atoms with Gasteiger partial charge in [-0.2, -0.15) is 0 Å². The lowest BCUT2D eigenvalue weighted by Gasteiger charge is -2.00. The lowest BCUT2D eigenvalue weighted by Crippen LogP contribution is -2.03. The van der Waals surface area contributed by atoms with Crippen molar-refractivity contribution in [1.82, 2.24) is 9.97 Å². The molecule has 1 amide bonds. The molecule has 0 aliphatic heterocycles. The molecule has 3 rings (SSSR count). The van der Waals surface area contributed by atoms with Crippen molar-refractivity contribution in [3.05, 3.63) is 66.0 Å². The Morgan fingerprint density at radius 1 is 1.05 bits per heavy atom. The Morgan fingerprint density at radius 2 is 1.71 bits per heavy atom. The fourth-order valence-corrected chi connectivity index (χ4v) is 1.83. The summed E-state index contributed by atoms with van der Waals surface area (Å²) in [6.07, 6.45) is 0.293. The van der Waals surface area contributed by atoms with E-state index in [-0.39, 0.29) is 5.78 Å². The lowest BCUT2D eigenvalue weighted by atomic mass is 10.0. The normalized spacial score (nSPS) is 9.71. The Kier molecular flexibility index (Phi) is 4.30. The van der Waals surface area contributed by atoms with Crippen molar-refractivity contribution in [2.24, 2.45) is 5.73 Å². The number of amides is 1. The molecule has 0 fully saturated rings. The quantitative estimate of drug-likeness (QED) is 0.627. The molecule has 0 atom stereocenters. The number of hydrogen-bond donors (Lipinski definition) is 3. The Hall–Kier alpha value is -3.15. The van der Waals surface area contributed by atoms with E-state index in [1.54, 1.807) is 12.4 Å². The summed E-state index contributed by atoms with van der Waals surface area (Å²) in [4.78, 5) is 28.1. The molecule has 0 unspecified atom stereocenters. The highest BCUT2D eigenvalue weighted by Crippen LogP contribution is 2.15. The highest BCUT2D eigenvalue weighted by molar-refractivity contribution is 6.10. The summed E-state index contributed by atoms with van der Waals surface area (Å²) in [7, 11) is 0. The predicted molar refractivity (Wildman–Crippen MR) is 78.2 cm³/mol. The van der Waals surface area contributed by atoms with Crippen molar-refractivity contribution in [1.29, 1.82) is 0 Å². The topological polar surface area (TPSA) is 109 Å². The average molecular weight is 283 g/mol. The molecule has 0 bridgehead atoms. The third-order valence-electron chi connectivity index (χ3n) is 2.72. The minimum absolute atomic E-state index is 0.0297. The van der Waals surface area contributed by atoms with E-state index in [9.17, 15) is 4.79 Å². The number of carboxylic acid groups (broad SMARTS) is 1. The molecule has 0 radical (unpaired) electrons. The van der Waals surface area contributed by atoms with Gasteiger partial charge < -0.3 is 15.8 Å². The summed E-state index contributed by atoms with van der Waals surface area (Å²) in [6.45, 7) is 0. The zero-order valence-electron chi connectivity index (χ0n) is 11.0. The summed E-state index contributed by atoms with van der Waals surface area (Å²) in [5.74, 6) is 0.0297. The molecule has 2 aromatic carbocycles. The molecule has 0 spiro atoms. The van der Waals surface area contributed by atoms with Crippen LogP contribution in [-0.4, -0.2) is 27.0 Å². The monoisotopic (exact) mass is 283 g/mol. The first-order valence-corrected chi connectivity index (χ1v) is 6.09. The molecule has 0 aliphatic carbocycles. The minimum atomic E-state index is -1.33. The summed E-state index contributed by atoms with van der Waals surface area (Å²) in [5, 5.41) is 7.19. The van der Waals surface area contributed by atoms with Crippen LogP contribution in [0.4, 0.5) is 4.79 Å². The molecule has 0 aliphatic rings. The number of nitrogens with zero attached hydrogens (tertiary/aromatic N) is 1. The molecule has 4 N–H and O–H groups in total. The third-order valence-corrected chi connectivity index (χ3v) is 2.72. The molecule has 106 valence electrons. The summed E-state index contributed by atoms with van der Waals surface area (Å²) < 4.78 is 0.